The molecule has 1 amide bonds. The number of carbonyl (C=O) groups excluding carboxylic acids is 2. The number of ether oxygens (including phenoxy) is 1. The molecule has 0 fully saturated rings. The molecule has 2 heterocycles. The molecule has 5 nitrogen and oxygen atoms in total. The molecule has 3 rings (SSSR count). The summed E-state index contributed by atoms with van der Waals surface area (Å²) in [5.41, 5.74) is 3.65. The van der Waals surface area contributed by atoms with Crippen molar-refractivity contribution in [2.75, 3.05) is 19.7 Å². The van der Waals surface area contributed by atoms with Crippen LogP contribution in [0.5, 0.6) is 0 Å². The Morgan fingerprint density at radius 3 is 2.58 bits per heavy atom. The number of rotatable bonds is 3. The number of hydrogen-bond acceptors (Lipinski definition) is 4. The second-order valence-corrected chi connectivity index (χ2v) is 7.31. The van der Waals surface area contributed by atoms with E-state index in [-0.39, 0.29) is 17.9 Å². The summed E-state index contributed by atoms with van der Waals surface area (Å²) >= 11 is 0. The summed E-state index contributed by atoms with van der Waals surface area (Å²) < 4.78 is 5.22. The molecule has 26 heavy (non-hydrogen) atoms. The zero-order valence-electron chi connectivity index (χ0n) is 15.7. The molecular formula is C21H24N2O3. The Labute approximate surface area is 154 Å². The third kappa shape index (κ3) is 3.34. The summed E-state index contributed by atoms with van der Waals surface area (Å²) in [5, 5.41) is 0. The van der Waals surface area contributed by atoms with Crippen LogP contribution in [-0.2, 0) is 9.53 Å². The van der Waals surface area contributed by atoms with E-state index in [0.29, 0.717) is 24.2 Å². The van der Waals surface area contributed by atoms with Gasteiger partial charge in [0.25, 0.3) is 5.91 Å². The van der Waals surface area contributed by atoms with Crippen LogP contribution in [0.4, 0.5) is 0 Å². The van der Waals surface area contributed by atoms with Crippen LogP contribution >= 0.6 is 0 Å². The third-order valence-corrected chi connectivity index (χ3v) is 4.81. The molecule has 0 aliphatic carbocycles. The van der Waals surface area contributed by atoms with Crippen molar-refractivity contribution in [1.82, 2.24) is 4.90 Å². The number of esters is 1. The molecular weight excluding hydrogens is 328 g/mol. The fourth-order valence-electron chi connectivity index (χ4n) is 3.36. The zero-order chi connectivity index (χ0) is 18.9. The molecule has 5 heteroatoms. The molecule has 0 saturated carbocycles. The first-order chi connectivity index (χ1) is 12.3. The molecule has 0 aromatic heterocycles. The van der Waals surface area contributed by atoms with Crippen LogP contribution in [0.1, 0.15) is 36.7 Å². The molecule has 2 aliphatic rings. The normalized spacial score (nSPS) is 18.3. The summed E-state index contributed by atoms with van der Waals surface area (Å²) in [6, 6.07) is 7.46. The van der Waals surface area contributed by atoms with Crippen molar-refractivity contribution < 1.29 is 14.3 Å². The van der Waals surface area contributed by atoms with Crippen LogP contribution < -0.4 is 0 Å². The molecule has 1 aromatic carbocycles. The predicted molar refractivity (Wildman–Crippen MR) is 101 cm³/mol. The summed E-state index contributed by atoms with van der Waals surface area (Å²) in [4.78, 5) is 31.6. The van der Waals surface area contributed by atoms with Crippen molar-refractivity contribution in [3.8, 4) is 0 Å². The molecule has 1 aromatic rings. The van der Waals surface area contributed by atoms with Gasteiger partial charge >= 0.3 is 5.97 Å². The van der Waals surface area contributed by atoms with Crippen molar-refractivity contribution >= 4 is 18.1 Å². The fraction of sp³-hybridized carbons (Fsp3) is 0.381. The van der Waals surface area contributed by atoms with E-state index in [0.717, 1.165) is 16.7 Å². The first-order valence-electron chi connectivity index (χ1n) is 8.84. The van der Waals surface area contributed by atoms with E-state index in [9.17, 15) is 9.59 Å². The van der Waals surface area contributed by atoms with Gasteiger partial charge in [-0.2, -0.15) is 0 Å². The van der Waals surface area contributed by atoms with Crippen molar-refractivity contribution in [3.63, 3.8) is 0 Å². The van der Waals surface area contributed by atoms with Gasteiger partial charge < -0.3 is 9.64 Å². The SMILES string of the molecule is CCOC(=O)C1=CN(C(=O)c2ccc(C)cc2)CC(C)(C)C2=C1C=NC2. The van der Waals surface area contributed by atoms with E-state index in [2.05, 4.69) is 18.8 Å². The second-order valence-electron chi connectivity index (χ2n) is 7.31. The molecule has 2 aliphatic heterocycles. The molecule has 136 valence electrons. The first-order valence-corrected chi connectivity index (χ1v) is 8.84. The lowest BCUT2D eigenvalue weighted by molar-refractivity contribution is -0.138. The Balaban J connectivity index is 2.04. The average molecular weight is 352 g/mol. The molecule has 0 spiro atoms. The Bertz CT molecular complexity index is 829. The van der Waals surface area contributed by atoms with Crippen molar-refractivity contribution in [1.29, 1.82) is 0 Å². The number of nitrogens with zero attached hydrogens (tertiary/aromatic N) is 2. The van der Waals surface area contributed by atoms with E-state index < -0.39 is 5.97 Å². The minimum Gasteiger partial charge on any atom is -0.462 e. The summed E-state index contributed by atoms with van der Waals surface area (Å²) in [7, 11) is 0. The number of hydrogen-bond donors (Lipinski definition) is 0. The van der Waals surface area contributed by atoms with Gasteiger partial charge in [-0.1, -0.05) is 31.5 Å². The molecule has 0 radical (unpaired) electrons. The maximum atomic E-state index is 13.1. The monoisotopic (exact) mass is 352 g/mol. The van der Waals surface area contributed by atoms with Gasteiger partial charge in [0.1, 0.15) is 0 Å². The molecule has 0 N–H and O–H groups in total. The lowest BCUT2D eigenvalue weighted by atomic mass is 9.81. The highest BCUT2D eigenvalue weighted by Crippen LogP contribution is 2.38. The van der Waals surface area contributed by atoms with Gasteiger partial charge in [0.2, 0.25) is 0 Å². The van der Waals surface area contributed by atoms with Gasteiger partial charge in [-0.3, -0.25) is 9.79 Å². The third-order valence-electron chi connectivity index (χ3n) is 4.81. The van der Waals surface area contributed by atoms with Crippen molar-refractivity contribution in [3.05, 3.63) is 58.3 Å². The second kappa shape index (κ2) is 6.90. The molecule has 0 unspecified atom stereocenters. The Morgan fingerprint density at radius 1 is 1.23 bits per heavy atom. The Morgan fingerprint density at radius 2 is 1.92 bits per heavy atom. The van der Waals surface area contributed by atoms with Crippen LogP contribution in [0.15, 0.2) is 52.2 Å². The van der Waals surface area contributed by atoms with Crippen molar-refractivity contribution in [2.24, 2.45) is 10.4 Å². The quantitative estimate of drug-likeness (QED) is 0.784. The van der Waals surface area contributed by atoms with Crippen LogP contribution in [-0.4, -0.2) is 42.7 Å². The lowest BCUT2D eigenvalue weighted by Crippen LogP contribution is -2.36. The highest BCUT2D eigenvalue weighted by Gasteiger charge is 2.37. The Hall–Kier alpha value is -2.69. The van der Waals surface area contributed by atoms with Gasteiger partial charge in [0.15, 0.2) is 0 Å². The van der Waals surface area contributed by atoms with Gasteiger partial charge in [-0.15, -0.1) is 0 Å². The van der Waals surface area contributed by atoms with E-state index in [1.807, 2.05) is 31.2 Å². The van der Waals surface area contributed by atoms with Crippen LogP contribution in [0.25, 0.3) is 0 Å². The topological polar surface area (TPSA) is 59.0 Å². The van der Waals surface area contributed by atoms with Gasteiger partial charge in [-0.05, 0) is 31.6 Å². The minimum atomic E-state index is -0.423. The van der Waals surface area contributed by atoms with E-state index in [1.165, 1.54) is 0 Å². The molecule has 0 atom stereocenters. The van der Waals surface area contributed by atoms with Gasteiger partial charge in [0.05, 0.1) is 18.7 Å². The van der Waals surface area contributed by atoms with Crippen molar-refractivity contribution in [2.45, 2.75) is 27.7 Å². The van der Waals surface area contributed by atoms with Crippen LogP contribution in [0.3, 0.4) is 0 Å². The van der Waals surface area contributed by atoms with E-state index >= 15 is 0 Å². The average Bonchev–Trinajstić information content (AvgIpc) is 3.05. The number of aliphatic imine (C=N–C) groups is 1. The maximum Gasteiger partial charge on any atom is 0.340 e. The Kier molecular flexibility index (Phi) is 4.81. The minimum absolute atomic E-state index is 0.127. The van der Waals surface area contributed by atoms with Crippen LogP contribution in [0, 0.1) is 12.3 Å². The molecule has 0 saturated heterocycles. The summed E-state index contributed by atoms with van der Waals surface area (Å²) in [6.45, 7) is 9.21. The van der Waals surface area contributed by atoms with Gasteiger partial charge in [-0.25, -0.2) is 4.79 Å². The summed E-state index contributed by atoms with van der Waals surface area (Å²) in [5.74, 6) is -0.550. The highest BCUT2D eigenvalue weighted by molar-refractivity contribution is 6.06. The van der Waals surface area contributed by atoms with E-state index in [1.54, 1.807) is 24.2 Å². The number of carbonyl (C=O) groups is 2. The number of benzene rings is 1. The lowest BCUT2D eigenvalue weighted by Gasteiger charge is -2.30. The standard InChI is InChI=1S/C21H24N2O3/c1-5-26-20(25)17-12-23(19(24)15-8-6-14(2)7-9-15)13-21(3,4)18-11-22-10-16(17)18/h6-10,12H,5,11,13H2,1-4H3. The largest absolute Gasteiger partial charge is 0.462 e. The zero-order valence-corrected chi connectivity index (χ0v) is 15.7. The number of aryl methyl sites for hydroxylation is 1. The molecule has 0 bridgehead atoms. The van der Waals surface area contributed by atoms with Gasteiger partial charge in [0, 0.05) is 35.5 Å². The smallest absolute Gasteiger partial charge is 0.340 e. The summed E-state index contributed by atoms with van der Waals surface area (Å²) in [6.07, 6.45) is 3.35. The number of amides is 1. The fourth-order valence-corrected chi connectivity index (χ4v) is 3.36. The van der Waals surface area contributed by atoms with E-state index in [4.69, 9.17) is 4.74 Å². The first kappa shape index (κ1) is 18.1. The predicted octanol–water partition coefficient (Wildman–Crippen LogP) is 3.31. The highest BCUT2D eigenvalue weighted by atomic mass is 16.5. The van der Waals surface area contributed by atoms with Crippen LogP contribution in [0.2, 0.25) is 0 Å². The maximum absolute atomic E-state index is 13.1.